The van der Waals surface area contributed by atoms with E-state index in [1.807, 2.05) is 77.3 Å². The third-order valence-corrected chi connectivity index (χ3v) is 18.4. The molecule has 420 valence electrons. The summed E-state index contributed by atoms with van der Waals surface area (Å²) in [4.78, 5) is 56.2. The van der Waals surface area contributed by atoms with Gasteiger partial charge in [0.1, 0.15) is 29.5 Å². The van der Waals surface area contributed by atoms with Crippen molar-refractivity contribution in [2.45, 2.75) is 141 Å². The van der Waals surface area contributed by atoms with E-state index in [0.717, 1.165) is 134 Å². The number of aromatic nitrogens is 9. The number of nitrogen functional groups attached to an aromatic ring is 1. The van der Waals surface area contributed by atoms with Crippen molar-refractivity contribution < 1.29 is 28.7 Å². The Kier molecular flexibility index (Phi) is 14.4. The number of carbonyl (C=O) groups excluding carboxylic acids is 2. The van der Waals surface area contributed by atoms with E-state index >= 15 is 0 Å². The Morgan fingerprint density at radius 2 is 1.77 bits per heavy atom. The van der Waals surface area contributed by atoms with E-state index < -0.39 is 29.0 Å². The summed E-state index contributed by atoms with van der Waals surface area (Å²) in [6, 6.07) is 12.2. The summed E-state index contributed by atoms with van der Waals surface area (Å²) in [5.41, 5.74) is 13.3. The topological polar surface area (TPSA) is 262 Å². The zero-order valence-corrected chi connectivity index (χ0v) is 47.3. The Morgan fingerprint density at radius 1 is 1.01 bits per heavy atom. The number of nitriles is 1. The maximum Gasteiger partial charge on any atom is 0.248 e. The minimum Gasteiger partial charge on any atom is -0.477 e. The Balaban J connectivity index is 0.694. The number of pyridine rings is 1. The average Bonchev–Trinajstić information content (AvgIpc) is 3.91. The summed E-state index contributed by atoms with van der Waals surface area (Å²) in [5.74, 6) is 1.68. The van der Waals surface area contributed by atoms with Gasteiger partial charge in [-0.1, -0.05) is 55.4 Å². The lowest BCUT2D eigenvalue weighted by atomic mass is 9.63. The Bertz CT molecular complexity index is 3500. The van der Waals surface area contributed by atoms with E-state index in [1.165, 1.54) is 22.6 Å². The molecule has 21 heteroatoms. The lowest BCUT2D eigenvalue weighted by molar-refractivity contribution is -0.144. The molecule has 1 spiro atoms. The number of nitrogens with two attached hydrogens (primary N) is 1. The van der Waals surface area contributed by atoms with Gasteiger partial charge in [-0.2, -0.15) is 15.2 Å². The lowest BCUT2D eigenvalue weighted by Gasteiger charge is -2.39. The third kappa shape index (κ3) is 10.6. The maximum absolute atomic E-state index is 14.7. The van der Waals surface area contributed by atoms with E-state index in [4.69, 9.17) is 29.7 Å². The molecule has 20 nitrogen and oxygen atoms in total. The first kappa shape index (κ1) is 53.9. The molecular formula is C60H68N14O6S. The van der Waals surface area contributed by atoms with Crippen molar-refractivity contribution in [3.63, 3.8) is 0 Å². The van der Waals surface area contributed by atoms with E-state index in [1.54, 1.807) is 29.3 Å². The Hall–Kier alpha value is -7.67. The van der Waals surface area contributed by atoms with E-state index in [-0.39, 0.29) is 48.0 Å². The number of anilines is 1. The number of hydrogen-bond donors (Lipinski definition) is 3. The van der Waals surface area contributed by atoms with Gasteiger partial charge in [-0.3, -0.25) is 14.6 Å². The van der Waals surface area contributed by atoms with E-state index in [2.05, 4.69) is 46.7 Å². The quantitative estimate of drug-likeness (QED) is 0.0867. The second kappa shape index (κ2) is 21.7. The molecule has 8 heterocycles. The van der Waals surface area contributed by atoms with Gasteiger partial charge in [0.05, 0.1) is 53.9 Å². The molecule has 5 atom stereocenters. The number of aliphatic hydroxyl groups excluding tert-OH is 1. The van der Waals surface area contributed by atoms with Crippen LogP contribution in [0.25, 0.3) is 22.6 Å². The largest absolute Gasteiger partial charge is 0.477 e. The number of likely N-dealkylation sites (tertiary alicyclic amines) is 2. The SMILES string of the molecule is Cc1cnccc1-c1ccc([C@H](C)NC(=O)[C@@H]2C[C@@H](O)CN2C(=O)[C@@H](n2cc(C3CCN(CC4(COc5cc(Oc6cncnc6)nc(-c6noc7c6CCC[C@@]76CCCc7sc(N)c(C#N)c76)n5)CC4)CC3)nn2)C(C)(C)C)cc1. The number of ether oxygens (including phenoxy) is 2. The van der Waals surface area contributed by atoms with Gasteiger partial charge in [0, 0.05) is 59.9 Å². The molecule has 0 radical (unpaired) electrons. The van der Waals surface area contributed by atoms with Crippen LogP contribution < -0.4 is 20.5 Å². The molecule has 3 aliphatic carbocycles. The first-order valence-electron chi connectivity index (χ1n) is 28.3. The molecule has 5 aliphatic rings. The van der Waals surface area contributed by atoms with Crippen molar-refractivity contribution in [1.82, 2.24) is 60.2 Å². The lowest BCUT2D eigenvalue weighted by Crippen LogP contribution is -2.50. The number of nitrogens with one attached hydrogen (secondary N) is 1. The fourth-order valence-electron chi connectivity index (χ4n) is 13.0. The van der Waals surface area contributed by atoms with Crippen LogP contribution in [0.2, 0.25) is 0 Å². The predicted molar refractivity (Wildman–Crippen MR) is 301 cm³/mol. The predicted octanol–water partition coefficient (Wildman–Crippen LogP) is 8.61. The van der Waals surface area contributed by atoms with Crippen molar-refractivity contribution in [2.75, 3.05) is 38.5 Å². The molecule has 0 unspecified atom stereocenters. The van der Waals surface area contributed by atoms with Crippen LogP contribution in [0, 0.1) is 29.1 Å². The number of β-amino-alcohol motifs (C(OH)–C–C–N with tert-alkyl or cyclic N) is 1. The van der Waals surface area contributed by atoms with Crippen molar-refractivity contribution in [2.24, 2.45) is 10.8 Å². The van der Waals surface area contributed by atoms with Crippen molar-refractivity contribution in [3.8, 4) is 46.2 Å². The molecule has 2 amide bonds. The highest BCUT2D eigenvalue weighted by atomic mass is 32.1. The molecule has 2 saturated heterocycles. The van der Waals surface area contributed by atoms with Crippen molar-refractivity contribution in [1.29, 1.82) is 5.26 Å². The van der Waals surface area contributed by atoms with Gasteiger partial charge < -0.3 is 40.0 Å². The van der Waals surface area contributed by atoms with E-state index in [0.29, 0.717) is 40.3 Å². The fraction of sp³-hybridized carbons (Fsp3) is 0.483. The van der Waals surface area contributed by atoms with Crippen LogP contribution in [0.4, 0.5) is 5.00 Å². The van der Waals surface area contributed by atoms with Crippen LogP contribution in [0.15, 0.2) is 78.2 Å². The van der Waals surface area contributed by atoms with Gasteiger partial charge in [0.15, 0.2) is 23.0 Å². The minimum atomic E-state index is -0.844. The minimum absolute atomic E-state index is 0.0508. The first-order valence-corrected chi connectivity index (χ1v) is 29.1. The number of rotatable bonds is 15. The normalized spacial score (nSPS) is 21.4. The molecule has 4 N–H and O–H groups in total. The Morgan fingerprint density at radius 3 is 2.49 bits per heavy atom. The number of thiophene rings is 1. The number of amides is 2. The van der Waals surface area contributed by atoms with Crippen LogP contribution in [0.3, 0.4) is 0 Å². The van der Waals surface area contributed by atoms with Crippen LogP contribution in [-0.4, -0.2) is 117 Å². The van der Waals surface area contributed by atoms with Gasteiger partial charge >= 0.3 is 0 Å². The zero-order chi connectivity index (χ0) is 56.2. The van der Waals surface area contributed by atoms with Crippen LogP contribution in [-0.2, 0) is 27.8 Å². The summed E-state index contributed by atoms with van der Waals surface area (Å²) in [7, 11) is 0. The molecule has 12 rings (SSSR count). The summed E-state index contributed by atoms with van der Waals surface area (Å²) >= 11 is 1.51. The number of aryl methyl sites for hydroxylation is 2. The number of fused-ring (bicyclic) bond motifs is 4. The average molecular weight is 1110 g/mol. The van der Waals surface area contributed by atoms with Gasteiger partial charge in [-0.25, -0.2) is 14.6 Å². The van der Waals surface area contributed by atoms with Gasteiger partial charge in [0.25, 0.3) is 0 Å². The first-order chi connectivity index (χ1) is 39.1. The number of carbonyl (C=O) groups is 2. The fourth-order valence-corrected chi connectivity index (χ4v) is 14.2. The summed E-state index contributed by atoms with van der Waals surface area (Å²) in [6.45, 7) is 13.0. The molecule has 6 aromatic heterocycles. The number of benzene rings is 1. The highest BCUT2D eigenvalue weighted by Crippen LogP contribution is 2.55. The number of aliphatic hydroxyl groups is 1. The molecule has 2 aliphatic heterocycles. The van der Waals surface area contributed by atoms with E-state index in [9.17, 15) is 20.0 Å². The highest BCUT2D eigenvalue weighted by molar-refractivity contribution is 7.16. The van der Waals surface area contributed by atoms with Gasteiger partial charge in [0.2, 0.25) is 23.6 Å². The number of piperidine rings is 1. The van der Waals surface area contributed by atoms with Crippen LogP contribution in [0.1, 0.15) is 148 Å². The molecule has 3 fully saturated rings. The van der Waals surface area contributed by atoms with Crippen LogP contribution in [0.5, 0.6) is 17.5 Å². The molecule has 1 saturated carbocycles. The van der Waals surface area contributed by atoms with Gasteiger partial charge in [-0.05, 0) is 130 Å². The molecule has 7 aromatic rings. The smallest absolute Gasteiger partial charge is 0.248 e. The highest BCUT2D eigenvalue weighted by Gasteiger charge is 2.50. The monoisotopic (exact) mass is 1110 g/mol. The maximum atomic E-state index is 14.7. The number of nitrogens with zero attached hydrogens (tertiary/aromatic N) is 12. The second-order valence-corrected chi connectivity index (χ2v) is 25.2. The Labute approximate surface area is 474 Å². The van der Waals surface area contributed by atoms with Crippen molar-refractivity contribution >= 4 is 28.2 Å². The molecule has 81 heavy (non-hydrogen) atoms. The molecular weight excluding hydrogens is 1040 g/mol. The summed E-state index contributed by atoms with van der Waals surface area (Å²) in [6.07, 6.45) is 18.3. The van der Waals surface area contributed by atoms with Gasteiger partial charge in [-0.15, -0.1) is 16.4 Å². The molecule has 1 aromatic carbocycles. The van der Waals surface area contributed by atoms with Crippen LogP contribution >= 0.6 is 11.3 Å². The van der Waals surface area contributed by atoms with Crippen molar-refractivity contribution in [3.05, 3.63) is 118 Å². The summed E-state index contributed by atoms with van der Waals surface area (Å²) < 4.78 is 20.8. The number of hydrogen-bond acceptors (Lipinski definition) is 18. The standard InChI is InChI=1S/C60H68N14O6S/c1-35-27-63-21-14-42(35)38-12-10-37(11-13-38)36(2)66-56(76)46-24-40(75)30-73(46)57(77)52(58(3,4)5)74-31-45(69-71-74)39-15-22-72(23-16-39)32-59(19-20-59)33-78-48-25-49(79-41-28-64-34-65-29-41)68-55(67-48)51-43-8-6-17-60(53(43)80-70-51)18-7-9-47-50(60)44(26-61)54(62)81-47/h10-14,21,25,27-29,31,34,36,39-40,46,52,75H,6-9,15-20,22-24,30,32-33,62H2,1-5H3,(H,66,76)/t36-,40+,46-,52+,60-/m0/s1. The zero-order valence-electron chi connectivity index (χ0n) is 46.5. The summed E-state index contributed by atoms with van der Waals surface area (Å²) in [5, 5.41) is 38.8. The molecule has 0 bridgehead atoms. The third-order valence-electron chi connectivity index (χ3n) is 17.4. The second-order valence-electron chi connectivity index (χ2n) is 24.1.